The smallest absolute Gasteiger partial charge is 0.155 e. The Bertz CT molecular complexity index is 497. The van der Waals surface area contributed by atoms with E-state index < -0.39 is 0 Å². The van der Waals surface area contributed by atoms with Crippen molar-refractivity contribution in [3.8, 4) is 0 Å². The summed E-state index contributed by atoms with van der Waals surface area (Å²) >= 11 is 0. The van der Waals surface area contributed by atoms with E-state index in [-0.39, 0.29) is 0 Å². The summed E-state index contributed by atoms with van der Waals surface area (Å²) in [5.41, 5.74) is 7.35. The minimum Gasteiger partial charge on any atom is -0.397 e. The number of aromatic nitrogens is 3. The molecule has 4 heteroatoms. The van der Waals surface area contributed by atoms with Gasteiger partial charge < -0.3 is 5.73 Å². The van der Waals surface area contributed by atoms with Gasteiger partial charge in [-0.3, -0.25) is 0 Å². The normalized spacial score (nSPS) is 18.0. The number of fused-ring (bicyclic) bond motifs is 1. The molecule has 0 bridgehead atoms. The Morgan fingerprint density at radius 3 is 2.81 bits per heavy atom. The molecule has 1 aliphatic carbocycles. The van der Waals surface area contributed by atoms with Crippen LogP contribution in [-0.4, -0.2) is 14.6 Å². The van der Waals surface area contributed by atoms with E-state index in [9.17, 15) is 0 Å². The van der Waals surface area contributed by atoms with Crippen molar-refractivity contribution in [2.45, 2.75) is 38.0 Å². The lowest BCUT2D eigenvalue weighted by Gasteiger charge is -2.17. The number of anilines is 1. The van der Waals surface area contributed by atoms with Crippen LogP contribution in [0.2, 0.25) is 0 Å². The highest BCUT2D eigenvalue weighted by atomic mass is 15.3. The summed E-state index contributed by atoms with van der Waals surface area (Å²) in [5, 5.41) is 4.52. The maximum absolute atomic E-state index is 5.72. The second-order valence-corrected chi connectivity index (χ2v) is 4.57. The van der Waals surface area contributed by atoms with Gasteiger partial charge in [0, 0.05) is 5.92 Å². The molecule has 2 N–H and O–H groups in total. The monoisotopic (exact) mass is 216 g/mol. The molecule has 0 aliphatic heterocycles. The number of nitrogen functional groups attached to an aromatic ring is 1. The first-order valence-corrected chi connectivity index (χ1v) is 5.95. The van der Waals surface area contributed by atoms with Crippen LogP contribution in [0.15, 0.2) is 18.3 Å². The fourth-order valence-electron chi connectivity index (χ4n) is 2.45. The molecule has 0 spiro atoms. The summed E-state index contributed by atoms with van der Waals surface area (Å²) in [5.74, 6) is 1.54. The molecule has 1 fully saturated rings. The predicted octanol–water partition coefficient (Wildman–Crippen LogP) is 2.36. The quantitative estimate of drug-likeness (QED) is 0.796. The van der Waals surface area contributed by atoms with Gasteiger partial charge in [-0.25, -0.2) is 9.50 Å². The van der Waals surface area contributed by atoms with Gasteiger partial charge in [-0.05, 0) is 25.0 Å². The summed E-state index contributed by atoms with van der Waals surface area (Å²) < 4.78 is 1.79. The summed E-state index contributed by atoms with van der Waals surface area (Å²) in [6.45, 7) is 0. The Kier molecular flexibility index (Phi) is 2.27. The van der Waals surface area contributed by atoms with E-state index in [0.29, 0.717) is 5.92 Å². The molecule has 0 unspecified atom stereocenters. The van der Waals surface area contributed by atoms with Gasteiger partial charge in [0.1, 0.15) is 0 Å². The zero-order valence-electron chi connectivity index (χ0n) is 9.26. The van der Waals surface area contributed by atoms with Crippen molar-refractivity contribution in [3.05, 3.63) is 24.2 Å². The molecule has 2 aromatic heterocycles. The number of nitrogens with two attached hydrogens (primary N) is 1. The zero-order valence-corrected chi connectivity index (χ0v) is 9.26. The van der Waals surface area contributed by atoms with Crippen LogP contribution in [0.25, 0.3) is 5.65 Å². The molecular weight excluding hydrogens is 200 g/mol. The van der Waals surface area contributed by atoms with Crippen LogP contribution in [0.5, 0.6) is 0 Å². The highest BCUT2D eigenvalue weighted by molar-refractivity contribution is 5.46. The highest BCUT2D eigenvalue weighted by Gasteiger charge is 2.19. The Morgan fingerprint density at radius 2 is 2.00 bits per heavy atom. The molecule has 0 radical (unpaired) electrons. The SMILES string of the molecule is Nc1ccc2nc(C3CCCCC3)nn2c1. The number of pyridine rings is 1. The lowest BCUT2D eigenvalue weighted by atomic mass is 9.89. The molecule has 0 saturated heterocycles. The third-order valence-corrected chi connectivity index (χ3v) is 3.34. The highest BCUT2D eigenvalue weighted by Crippen LogP contribution is 2.30. The van der Waals surface area contributed by atoms with Crippen LogP contribution in [0.1, 0.15) is 43.8 Å². The molecule has 4 nitrogen and oxygen atoms in total. The largest absolute Gasteiger partial charge is 0.397 e. The lowest BCUT2D eigenvalue weighted by Crippen LogP contribution is -2.06. The van der Waals surface area contributed by atoms with Gasteiger partial charge >= 0.3 is 0 Å². The molecule has 3 rings (SSSR count). The summed E-state index contributed by atoms with van der Waals surface area (Å²) in [6.07, 6.45) is 8.26. The molecule has 1 saturated carbocycles. The van der Waals surface area contributed by atoms with Crippen molar-refractivity contribution in [1.29, 1.82) is 0 Å². The van der Waals surface area contributed by atoms with Crippen molar-refractivity contribution in [1.82, 2.24) is 14.6 Å². The fraction of sp³-hybridized carbons (Fsp3) is 0.500. The van der Waals surface area contributed by atoms with E-state index in [4.69, 9.17) is 5.73 Å². The maximum Gasteiger partial charge on any atom is 0.155 e. The number of nitrogens with zero attached hydrogens (tertiary/aromatic N) is 3. The number of hydrogen-bond donors (Lipinski definition) is 1. The van der Waals surface area contributed by atoms with Gasteiger partial charge in [0.15, 0.2) is 11.5 Å². The van der Waals surface area contributed by atoms with Crippen molar-refractivity contribution in [3.63, 3.8) is 0 Å². The predicted molar refractivity (Wildman–Crippen MR) is 63.2 cm³/mol. The van der Waals surface area contributed by atoms with E-state index in [1.54, 1.807) is 4.52 Å². The zero-order chi connectivity index (χ0) is 11.0. The van der Waals surface area contributed by atoms with E-state index in [1.807, 2.05) is 18.3 Å². The Hall–Kier alpha value is -1.58. The fourth-order valence-corrected chi connectivity index (χ4v) is 2.45. The maximum atomic E-state index is 5.72. The number of hydrogen-bond acceptors (Lipinski definition) is 3. The summed E-state index contributed by atoms with van der Waals surface area (Å²) in [4.78, 5) is 4.57. The molecule has 2 aromatic rings. The average molecular weight is 216 g/mol. The molecule has 0 aromatic carbocycles. The van der Waals surface area contributed by atoms with E-state index >= 15 is 0 Å². The molecule has 0 amide bonds. The van der Waals surface area contributed by atoms with Crippen LogP contribution >= 0.6 is 0 Å². The summed E-state index contributed by atoms with van der Waals surface area (Å²) in [6, 6.07) is 3.79. The Balaban J connectivity index is 1.97. The first-order chi connectivity index (χ1) is 7.83. The van der Waals surface area contributed by atoms with E-state index in [1.165, 1.54) is 32.1 Å². The first-order valence-electron chi connectivity index (χ1n) is 5.95. The van der Waals surface area contributed by atoms with Gasteiger partial charge in [0.05, 0.1) is 11.9 Å². The molecule has 2 heterocycles. The molecule has 84 valence electrons. The minimum absolute atomic E-state index is 0.551. The first kappa shape index (κ1) is 9.63. The molecule has 0 atom stereocenters. The van der Waals surface area contributed by atoms with Crippen LogP contribution in [-0.2, 0) is 0 Å². The van der Waals surface area contributed by atoms with Crippen LogP contribution in [0, 0.1) is 0 Å². The standard InChI is InChI=1S/C12H16N4/c13-10-6-7-11-14-12(15-16(11)8-10)9-4-2-1-3-5-9/h6-9H,1-5,13H2. The Morgan fingerprint density at radius 1 is 1.19 bits per heavy atom. The van der Waals surface area contributed by atoms with Gasteiger partial charge in [-0.15, -0.1) is 0 Å². The third-order valence-electron chi connectivity index (χ3n) is 3.34. The average Bonchev–Trinajstić information content (AvgIpc) is 2.73. The van der Waals surface area contributed by atoms with Crippen molar-refractivity contribution in [2.75, 3.05) is 5.73 Å². The van der Waals surface area contributed by atoms with Gasteiger partial charge in [0.25, 0.3) is 0 Å². The van der Waals surface area contributed by atoms with Gasteiger partial charge in [-0.1, -0.05) is 19.3 Å². The van der Waals surface area contributed by atoms with E-state index in [2.05, 4.69) is 10.1 Å². The summed E-state index contributed by atoms with van der Waals surface area (Å²) in [7, 11) is 0. The second kappa shape index (κ2) is 3.77. The molecular formula is C12H16N4. The minimum atomic E-state index is 0.551. The second-order valence-electron chi connectivity index (χ2n) is 4.57. The topological polar surface area (TPSA) is 56.2 Å². The lowest BCUT2D eigenvalue weighted by molar-refractivity contribution is 0.429. The van der Waals surface area contributed by atoms with Gasteiger partial charge in [-0.2, -0.15) is 5.10 Å². The van der Waals surface area contributed by atoms with Crippen molar-refractivity contribution >= 4 is 11.3 Å². The van der Waals surface area contributed by atoms with Crippen LogP contribution in [0.4, 0.5) is 5.69 Å². The Labute approximate surface area is 94.5 Å². The van der Waals surface area contributed by atoms with E-state index in [0.717, 1.165) is 17.2 Å². The number of rotatable bonds is 1. The molecule has 1 aliphatic rings. The molecule has 16 heavy (non-hydrogen) atoms. The van der Waals surface area contributed by atoms with Crippen LogP contribution < -0.4 is 5.73 Å². The third kappa shape index (κ3) is 1.64. The van der Waals surface area contributed by atoms with Crippen molar-refractivity contribution in [2.24, 2.45) is 0 Å². The van der Waals surface area contributed by atoms with Crippen molar-refractivity contribution < 1.29 is 0 Å². The van der Waals surface area contributed by atoms with Crippen LogP contribution in [0.3, 0.4) is 0 Å². The van der Waals surface area contributed by atoms with Gasteiger partial charge in [0.2, 0.25) is 0 Å².